The molecule has 3 heterocycles. The molecule has 4 N–H and O–H groups in total. The molecule has 0 bridgehead atoms. The summed E-state index contributed by atoms with van der Waals surface area (Å²) in [6.45, 7) is 7.78. The van der Waals surface area contributed by atoms with Crippen LogP contribution in [0.4, 0.5) is 5.95 Å². The number of hydrogen-bond acceptors (Lipinski definition) is 7. The van der Waals surface area contributed by atoms with Gasteiger partial charge in [0, 0.05) is 24.0 Å². The van der Waals surface area contributed by atoms with Crippen molar-refractivity contribution in [3.8, 4) is 11.3 Å². The number of rotatable bonds is 7. The van der Waals surface area contributed by atoms with Gasteiger partial charge in [0.2, 0.25) is 5.95 Å². The molecule has 4 aromatic rings. The van der Waals surface area contributed by atoms with Gasteiger partial charge in [-0.1, -0.05) is 12.1 Å². The SMILES string of the molecule is CCNC(=O)c1cc2c(-c3cc(CNCc4ccc(C)o4)ccc3C)nc(N)nc2s1. The Morgan fingerprint density at radius 3 is 2.71 bits per heavy atom. The van der Waals surface area contributed by atoms with Crippen LogP contribution in [-0.4, -0.2) is 22.4 Å². The number of carbonyl (C=O) groups is 1. The van der Waals surface area contributed by atoms with Crippen molar-refractivity contribution < 1.29 is 9.21 Å². The Bertz CT molecular complexity index is 1240. The number of nitrogen functional groups attached to an aromatic ring is 1. The van der Waals surface area contributed by atoms with Gasteiger partial charge in [0.05, 0.1) is 17.1 Å². The molecule has 3 aromatic heterocycles. The molecule has 8 heteroatoms. The molecule has 7 nitrogen and oxygen atoms in total. The molecular formula is C23H25N5O2S. The molecule has 0 radical (unpaired) electrons. The molecule has 0 fully saturated rings. The van der Waals surface area contributed by atoms with Gasteiger partial charge in [0.25, 0.3) is 5.91 Å². The third-order valence-electron chi connectivity index (χ3n) is 4.95. The monoisotopic (exact) mass is 435 g/mol. The fraction of sp³-hybridized carbons (Fsp3) is 0.261. The number of amides is 1. The van der Waals surface area contributed by atoms with Gasteiger partial charge in [-0.25, -0.2) is 9.97 Å². The van der Waals surface area contributed by atoms with E-state index in [1.807, 2.05) is 39.0 Å². The van der Waals surface area contributed by atoms with Crippen LogP contribution in [0.1, 0.15) is 39.2 Å². The van der Waals surface area contributed by atoms with E-state index in [0.717, 1.165) is 39.3 Å². The average molecular weight is 436 g/mol. The molecular weight excluding hydrogens is 410 g/mol. The van der Waals surface area contributed by atoms with E-state index < -0.39 is 0 Å². The minimum absolute atomic E-state index is 0.113. The number of aromatic nitrogens is 2. The zero-order valence-electron chi connectivity index (χ0n) is 17.8. The summed E-state index contributed by atoms with van der Waals surface area (Å²) in [6, 6.07) is 12.1. The van der Waals surface area contributed by atoms with Gasteiger partial charge in [0.1, 0.15) is 16.4 Å². The maximum absolute atomic E-state index is 12.3. The van der Waals surface area contributed by atoms with Crippen molar-refractivity contribution in [1.29, 1.82) is 0 Å². The van der Waals surface area contributed by atoms with Crippen molar-refractivity contribution in [1.82, 2.24) is 20.6 Å². The molecule has 0 spiro atoms. The predicted molar refractivity (Wildman–Crippen MR) is 124 cm³/mol. The van der Waals surface area contributed by atoms with Gasteiger partial charge in [-0.15, -0.1) is 11.3 Å². The van der Waals surface area contributed by atoms with Crippen LogP contribution in [0.15, 0.2) is 40.8 Å². The summed E-state index contributed by atoms with van der Waals surface area (Å²) in [4.78, 5) is 22.5. The normalized spacial score (nSPS) is 11.2. The maximum atomic E-state index is 12.3. The van der Waals surface area contributed by atoms with Crippen molar-refractivity contribution >= 4 is 33.4 Å². The second kappa shape index (κ2) is 8.87. The highest BCUT2D eigenvalue weighted by Gasteiger charge is 2.17. The molecule has 0 atom stereocenters. The summed E-state index contributed by atoms with van der Waals surface area (Å²) < 4.78 is 5.61. The largest absolute Gasteiger partial charge is 0.465 e. The lowest BCUT2D eigenvalue weighted by atomic mass is 10.00. The number of nitrogens with two attached hydrogens (primary N) is 1. The topological polar surface area (TPSA) is 106 Å². The summed E-state index contributed by atoms with van der Waals surface area (Å²) in [5, 5.41) is 7.07. The molecule has 0 unspecified atom stereocenters. The molecule has 0 aliphatic carbocycles. The van der Waals surface area contributed by atoms with Crippen LogP contribution in [0.3, 0.4) is 0 Å². The quantitative estimate of drug-likeness (QED) is 0.402. The Hall–Kier alpha value is -3.23. The van der Waals surface area contributed by atoms with Gasteiger partial charge in [-0.05, 0) is 56.2 Å². The van der Waals surface area contributed by atoms with Gasteiger partial charge >= 0.3 is 0 Å². The zero-order chi connectivity index (χ0) is 22.0. The minimum Gasteiger partial charge on any atom is -0.465 e. The van der Waals surface area contributed by atoms with E-state index in [9.17, 15) is 4.79 Å². The Kier molecular flexibility index (Phi) is 6.01. The smallest absolute Gasteiger partial charge is 0.261 e. The maximum Gasteiger partial charge on any atom is 0.261 e. The first-order valence-electron chi connectivity index (χ1n) is 10.2. The first-order valence-corrected chi connectivity index (χ1v) is 11.0. The first-order chi connectivity index (χ1) is 14.9. The third-order valence-corrected chi connectivity index (χ3v) is 5.98. The molecule has 1 amide bonds. The lowest BCUT2D eigenvalue weighted by Crippen LogP contribution is -2.21. The number of fused-ring (bicyclic) bond motifs is 1. The number of aryl methyl sites for hydroxylation is 2. The van der Waals surface area contributed by atoms with Crippen molar-refractivity contribution in [2.45, 2.75) is 33.9 Å². The van der Waals surface area contributed by atoms with Crippen LogP contribution in [0.5, 0.6) is 0 Å². The second-order valence-electron chi connectivity index (χ2n) is 7.38. The summed E-state index contributed by atoms with van der Waals surface area (Å²) in [5.41, 5.74) is 9.92. The highest BCUT2D eigenvalue weighted by atomic mass is 32.1. The van der Waals surface area contributed by atoms with Crippen LogP contribution in [0.2, 0.25) is 0 Å². The highest BCUT2D eigenvalue weighted by Crippen LogP contribution is 2.34. The van der Waals surface area contributed by atoms with Gasteiger partial charge in [-0.3, -0.25) is 4.79 Å². The summed E-state index contributed by atoms with van der Waals surface area (Å²) in [5.74, 6) is 1.90. The fourth-order valence-corrected chi connectivity index (χ4v) is 4.40. The molecule has 0 saturated carbocycles. The zero-order valence-corrected chi connectivity index (χ0v) is 18.6. The van der Waals surface area contributed by atoms with Crippen LogP contribution >= 0.6 is 11.3 Å². The van der Waals surface area contributed by atoms with E-state index in [2.05, 4.69) is 38.8 Å². The summed E-state index contributed by atoms with van der Waals surface area (Å²) in [6.07, 6.45) is 0. The fourth-order valence-electron chi connectivity index (χ4n) is 3.45. The molecule has 0 saturated heterocycles. The standard InChI is InChI=1S/C23H25N5O2S/c1-4-26-21(29)19-10-18-20(27-23(24)28-22(18)31-19)17-9-15(7-5-13(17)2)11-25-12-16-8-6-14(3)30-16/h5-10,25H,4,11-12H2,1-3H3,(H,26,29)(H2,24,27,28). The van der Waals surface area contributed by atoms with Gasteiger partial charge in [-0.2, -0.15) is 0 Å². The van der Waals surface area contributed by atoms with Gasteiger partial charge in [0.15, 0.2) is 0 Å². The van der Waals surface area contributed by atoms with E-state index in [1.165, 1.54) is 11.3 Å². The summed E-state index contributed by atoms with van der Waals surface area (Å²) in [7, 11) is 0. The number of hydrogen-bond donors (Lipinski definition) is 3. The molecule has 1 aromatic carbocycles. The number of nitrogens with zero attached hydrogens (tertiary/aromatic N) is 2. The van der Waals surface area contributed by atoms with Crippen molar-refractivity contribution in [2.24, 2.45) is 0 Å². The van der Waals surface area contributed by atoms with Crippen LogP contribution < -0.4 is 16.4 Å². The molecule has 4 rings (SSSR count). The molecule has 0 aliphatic rings. The van der Waals surface area contributed by atoms with Crippen LogP contribution in [0, 0.1) is 13.8 Å². The average Bonchev–Trinajstić information content (AvgIpc) is 3.35. The molecule has 0 aliphatic heterocycles. The van der Waals surface area contributed by atoms with Crippen LogP contribution in [0.25, 0.3) is 21.5 Å². The lowest BCUT2D eigenvalue weighted by Gasteiger charge is -2.11. The summed E-state index contributed by atoms with van der Waals surface area (Å²) >= 11 is 1.33. The molecule has 31 heavy (non-hydrogen) atoms. The number of nitrogens with one attached hydrogen (secondary N) is 2. The van der Waals surface area contributed by atoms with Crippen molar-refractivity contribution in [3.63, 3.8) is 0 Å². The number of carbonyl (C=O) groups excluding carboxylic acids is 1. The lowest BCUT2D eigenvalue weighted by molar-refractivity contribution is 0.0960. The third kappa shape index (κ3) is 4.60. The Balaban J connectivity index is 1.65. The van der Waals surface area contributed by atoms with E-state index >= 15 is 0 Å². The van der Waals surface area contributed by atoms with Crippen molar-refractivity contribution in [2.75, 3.05) is 12.3 Å². The Morgan fingerprint density at radius 2 is 1.97 bits per heavy atom. The van der Waals surface area contributed by atoms with Crippen LogP contribution in [-0.2, 0) is 13.1 Å². The molecule has 160 valence electrons. The predicted octanol–water partition coefficient (Wildman–Crippen LogP) is 4.19. The number of furan rings is 1. The minimum atomic E-state index is -0.113. The second-order valence-corrected chi connectivity index (χ2v) is 8.42. The Labute approximate surface area is 184 Å². The van der Waals surface area contributed by atoms with E-state index in [1.54, 1.807) is 0 Å². The number of thiophene rings is 1. The Morgan fingerprint density at radius 1 is 1.13 bits per heavy atom. The van der Waals surface area contributed by atoms with E-state index in [-0.39, 0.29) is 11.9 Å². The number of anilines is 1. The number of benzene rings is 1. The van der Waals surface area contributed by atoms with E-state index in [0.29, 0.717) is 29.3 Å². The van der Waals surface area contributed by atoms with Crippen molar-refractivity contribution in [3.05, 3.63) is 63.9 Å². The highest BCUT2D eigenvalue weighted by molar-refractivity contribution is 7.20. The first kappa shape index (κ1) is 21.0. The van der Waals surface area contributed by atoms with Gasteiger partial charge < -0.3 is 20.8 Å². The van der Waals surface area contributed by atoms with E-state index in [4.69, 9.17) is 10.2 Å².